The normalized spacial score (nSPS) is 23.7. The molecule has 6 aromatic carbocycles. The number of rotatable bonds is 8. The van der Waals surface area contributed by atoms with Crippen LogP contribution < -0.4 is 19.9 Å². The Morgan fingerprint density at radius 2 is 0.763 bits per heavy atom. The highest BCUT2D eigenvalue weighted by molar-refractivity contribution is 6.31. The van der Waals surface area contributed by atoms with E-state index in [0.717, 1.165) is 33.6 Å². The van der Waals surface area contributed by atoms with Crippen molar-refractivity contribution in [1.82, 2.24) is 0 Å². The van der Waals surface area contributed by atoms with E-state index in [1.165, 1.54) is 9.80 Å². The molecule has 4 fully saturated rings. The van der Waals surface area contributed by atoms with Gasteiger partial charge >= 0.3 is 0 Å². The summed E-state index contributed by atoms with van der Waals surface area (Å²) in [5.41, 5.74) is 5.88. The van der Waals surface area contributed by atoms with Crippen LogP contribution in [0.4, 0.5) is 22.7 Å². The largest absolute Gasteiger partial charge is 0.273 e. The first-order valence-electron chi connectivity index (χ1n) is 19.2. The fourth-order valence-corrected chi connectivity index (χ4v) is 8.95. The Labute approximate surface area is 349 Å². The number of hydroxylamine groups is 2. The van der Waals surface area contributed by atoms with Gasteiger partial charge in [-0.1, -0.05) is 108 Å². The highest BCUT2D eigenvalue weighted by Gasteiger charge is 2.61. The molecule has 0 aromatic heterocycles. The molecule has 12 heteroatoms. The maximum absolute atomic E-state index is 14.1. The highest BCUT2D eigenvalue weighted by Crippen LogP contribution is 2.49. The van der Waals surface area contributed by atoms with E-state index in [1.807, 2.05) is 109 Å². The van der Waals surface area contributed by atoms with Gasteiger partial charge in [-0.25, -0.2) is 19.9 Å². The number of hydrogen-bond acceptors (Lipinski definition) is 8. The molecule has 4 amide bonds. The first kappa shape index (κ1) is 37.0. The van der Waals surface area contributed by atoms with Gasteiger partial charge in [-0.15, -0.1) is 0 Å². The zero-order valence-corrected chi connectivity index (χ0v) is 32.7. The minimum absolute atomic E-state index is 0.338. The lowest BCUT2D eigenvalue weighted by atomic mass is 9.90. The summed E-state index contributed by atoms with van der Waals surface area (Å²) in [5, 5.41) is 4.45. The third kappa shape index (κ3) is 6.36. The van der Waals surface area contributed by atoms with E-state index in [-0.39, 0.29) is 11.8 Å². The van der Waals surface area contributed by atoms with Gasteiger partial charge in [0.2, 0.25) is 11.8 Å². The fraction of sp³-hybridized carbons (Fsp3) is 0.149. The molecule has 0 radical (unpaired) electrons. The zero-order valence-electron chi connectivity index (χ0n) is 31.2. The monoisotopic (exact) mass is 820 g/mol. The Kier molecular flexibility index (Phi) is 9.29. The third-order valence-electron chi connectivity index (χ3n) is 11.5. The minimum Gasteiger partial charge on any atom is -0.273 e. The van der Waals surface area contributed by atoms with Crippen molar-refractivity contribution < 1.29 is 28.9 Å². The topological polar surface area (TPSA) is 99.7 Å². The van der Waals surface area contributed by atoms with Crippen LogP contribution in [0.25, 0.3) is 0 Å². The molecule has 0 saturated carbocycles. The first-order chi connectivity index (χ1) is 28.7. The molecule has 4 aliphatic heterocycles. The van der Waals surface area contributed by atoms with Crippen LogP contribution in [0.2, 0.25) is 10.0 Å². The van der Waals surface area contributed by atoms with Crippen LogP contribution in [0.15, 0.2) is 158 Å². The number of hydrogen-bond donors (Lipinski definition) is 0. The van der Waals surface area contributed by atoms with E-state index in [4.69, 9.17) is 32.9 Å². The van der Waals surface area contributed by atoms with Gasteiger partial charge < -0.3 is 0 Å². The predicted octanol–water partition coefficient (Wildman–Crippen LogP) is 8.69. The number of benzene rings is 6. The Morgan fingerprint density at radius 1 is 0.407 bits per heavy atom. The molecule has 10 rings (SSSR count). The van der Waals surface area contributed by atoms with Crippen LogP contribution in [-0.4, -0.2) is 35.8 Å². The molecule has 4 saturated heterocycles. The van der Waals surface area contributed by atoms with Crippen LogP contribution in [0.5, 0.6) is 0 Å². The second-order valence-corrected chi connectivity index (χ2v) is 15.8. The maximum Gasteiger partial charge on any atom is 0.266 e. The molecule has 10 nitrogen and oxygen atoms in total. The summed E-state index contributed by atoms with van der Waals surface area (Å²) >= 11 is 12.4. The predicted molar refractivity (Wildman–Crippen MR) is 224 cm³/mol. The molecule has 0 spiro atoms. The first-order valence-corrected chi connectivity index (χ1v) is 20.0. The van der Waals surface area contributed by atoms with E-state index >= 15 is 0 Å². The molecule has 4 heterocycles. The molecular weight excluding hydrogens is 787 g/mol. The minimum atomic E-state index is -0.992. The number of amides is 4. The Hall–Kier alpha value is -6.30. The smallest absolute Gasteiger partial charge is 0.266 e. The lowest BCUT2D eigenvalue weighted by molar-refractivity contribution is -0.127. The maximum atomic E-state index is 14.1. The number of carbonyl (C=O) groups is 4. The molecule has 0 aliphatic carbocycles. The Morgan fingerprint density at radius 3 is 1.12 bits per heavy atom. The van der Waals surface area contributed by atoms with Gasteiger partial charge in [0, 0.05) is 10.0 Å². The number of anilines is 4. The van der Waals surface area contributed by atoms with Gasteiger partial charge in [-0.2, -0.15) is 0 Å². The summed E-state index contributed by atoms with van der Waals surface area (Å²) in [6, 6.07) is 46.8. The van der Waals surface area contributed by atoms with Crippen LogP contribution in [0.3, 0.4) is 0 Å². The Bertz CT molecular complexity index is 2400. The van der Waals surface area contributed by atoms with Crippen molar-refractivity contribution >= 4 is 69.6 Å². The van der Waals surface area contributed by atoms with Crippen molar-refractivity contribution in [3.63, 3.8) is 0 Å². The lowest BCUT2D eigenvalue weighted by Gasteiger charge is -2.29. The number of imide groups is 2. The summed E-state index contributed by atoms with van der Waals surface area (Å²) in [7, 11) is 0. The van der Waals surface area contributed by atoms with Crippen molar-refractivity contribution in [3.05, 3.63) is 190 Å². The molecule has 6 unspecified atom stereocenters. The quantitative estimate of drug-likeness (QED) is 0.141. The summed E-state index contributed by atoms with van der Waals surface area (Å²) in [6.07, 6.45) is -1.45. The van der Waals surface area contributed by atoms with E-state index in [0.29, 0.717) is 27.8 Å². The van der Waals surface area contributed by atoms with Crippen molar-refractivity contribution in [2.24, 2.45) is 11.8 Å². The molecule has 6 atom stereocenters. The van der Waals surface area contributed by atoms with E-state index in [2.05, 4.69) is 0 Å². The van der Waals surface area contributed by atoms with Gasteiger partial charge in [0.1, 0.15) is 11.8 Å². The van der Waals surface area contributed by atoms with Crippen LogP contribution in [-0.2, 0) is 35.3 Å². The number of nitrogens with zero attached hydrogens (tertiary/aromatic N) is 4. The molecule has 292 valence electrons. The van der Waals surface area contributed by atoms with E-state index in [1.54, 1.807) is 58.7 Å². The molecule has 0 bridgehead atoms. The van der Waals surface area contributed by atoms with Crippen LogP contribution in [0, 0.1) is 11.8 Å². The molecular formula is C47H34Cl2N4O6. The summed E-state index contributed by atoms with van der Waals surface area (Å²) in [6.45, 7) is 0. The van der Waals surface area contributed by atoms with Gasteiger partial charge in [-0.05, 0) is 101 Å². The summed E-state index contributed by atoms with van der Waals surface area (Å²) < 4.78 is 0. The number of halogens is 2. The van der Waals surface area contributed by atoms with Crippen LogP contribution in [0.1, 0.15) is 34.3 Å². The number of para-hydroxylation sites is 2. The molecule has 6 aromatic rings. The van der Waals surface area contributed by atoms with Gasteiger partial charge in [0.05, 0.1) is 34.8 Å². The van der Waals surface area contributed by atoms with Crippen molar-refractivity contribution in [1.29, 1.82) is 0 Å². The van der Waals surface area contributed by atoms with Gasteiger partial charge in [0.15, 0.2) is 12.2 Å². The second-order valence-electron chi connectivity index (χ2n) is 15.0. The van der Waals surface area contributed by atoms with Crippen molar-refractivity contribution in [2.75, 3.05) is 19.9 Å². The summed E-state index contributed by atoms with van der Waals surface area (Å²) in [5.74, 6) is -3.06. The van der Waals surface area contributed by atoms with Crippen molar-refractivity contribution in [3.8, 4) is 0 Å². The van der Waals surface area contributed by atoms with E-state index in [9.17, 15) is 19.2 Å². The standard InChI is InChI=1S/C47H34Cl2N4O6/c48-32-19-15-30(16-20-32)40-38-42(58-52(40)36-7-3-1-4-8-36)46(56)50(44(38)54)34-23-11-28(12-24-34)27-29-13-25-35(26-14-29)51-45(55)39-41(31-17-21-33(49)22-18-31)53(59-43(39)47(51)57)37-9-5-2-6-10-37/h1-26,38-43H,27H2. The molecule has 59 heavy (non-hydrogen) atoms. The Balaban J connectivity index is 0.849. The molecule has 4 aliphatic rings. The van der Waals surface area contributed by atoms with Crippen LogP contribution >= 0.6 is 23.2 Å². The fourth-order valence-electron chi connectivity index (χ4n) is 8.69. The third-order valence-corrected chi connectivity index (χ3v) is 12.0. The number of carbonyl (C=O) groups excluding carboxylic acids is 4. The number of fused-ring (bicyclic) bond motifs is 2. The molecule has 0 N–H and O–H groups in total. The highest BCUT2D eigenvalue weighted by atomic mass is 35.5. The van der Waals surface area contributed by atoms with Gasteiger partial charge in [0.25, 0.3) is 11.8 Å². The van der Waals surface area contributed by atoms with Crippen molar-refractivity contribution in [2.45, 2.75) is 30.7 Å². The summed E-state index contributed by atoms with van der Waals surface area (Å²) in [4.78, 5) is 71.0. The SMILES string of the molecule is O=C1C2ON(c3ccccc3)C(c3ccc(Cl)cc3)C2C(=O)N1c1ccc(Cc2ccc(N3C(=O)C4ON(c5ccccc5)C(c5ccc(Cl)cc5)C4C3=O)cc2)cc1. The van der Waals surface area contributed by atoms with Gasteiger partial charge in [-0.3, -0.25) is 28.9 Å². The zero-order chi connectivity index (χ0) is 40.4. The van der Waals surface area contributed by atoms with E-state index < -0.39 is 47.9 Å². The average molecular weight is 822 g/mol. The average Bonchev–Trinajstić information content (AvgIpc) is 3.99. The second kappa shape index (κ2) is 14.8. The lowest BCUT2D eigenvalue weighted by Crippen LogP contribution is -2.37.